The minimum absolute atomic E-state index is 0.00209. The number of hydrogen-bond acceptors (Lipinski definition) is 5. The molecule has 0 spiro atoms. The van der Waals surface area contributed by atoms with Gasteiger partial charge < -0.3 is 20.3 Å². The first-order chi connectivity index (χ1) is 34.5. The Morgan fingerprint density at radius 2 is 0.657 bits per heavy atom. The smallest absolute Gasteiger partial charge is 0.305 e. The third-order valence-corrected chi connectivity index (χ3v) is 15.1. The van der Waals surface area contributed by atoms with Crippen molar-refractivity contribution in [3.63, 3.8) is 0 Å². The number of rotatable bonds is 60. The van der Waals surface area contributed by atoms with E-state index in [1.165, 1.54) is 276 Å². The maximum Gasteiger partial charge on any atom is 0.305 e. The number of aliphatic hydroxyl groups is 2. The second-order valence-electron chi connectivity index (χ2n) is 22.1. The lowest BCUT2D eigenvalue weighted by Crippen LogP contribution is -2.45. The third kappa shape index (κ3) is 55.9. The molecule has 0 aromatic rings. The largest absolute Gasteiger partial charge is 0.466 e. The van der Waals surface area contributed by atoms with Crippen LogP contribution in [-0.4, -0.2) is 47.4 Å². The zero-order chi connectivity index (χ0) is 50.7. The first-order valence-electron chi connectivity index (χ1n) is 32.0. The maximum atomic E-state index is 12.5. The van der Waals surface area contributed by atoms with E-state index in [4.69, 9.17) is 4.74 Å². The van der Waals surface area contributed by atoms with Crippen molar-refractivity contribution in [3.05, 3.63) is 12.2 Å². The summed E-state index contributed by atoms with van der Waals surface area (Å²) in [6.45, 7) is 4.92. The van der Waals surface area contributed by atoms with Gasteiger partial charge in [-0.2, -0.15) is 0 Å². The van der Waals surface area contributed by atoms with Crippen LogP contribution in [0.1, 0.15) is 361 Å². The molecular weight excluding hydrogens is 863 g/mol. The van der Waals surface area contributed by atoms with Crippen LogP contribution in [0.3, 0.4) is 0 Å². The van der Waals surface area contributed by atoms with Crippen LogP contribution in [-0.2, 0) is 14.3 Å². The van der Waals surface area contributed by atoms with E-state index in [0.717, 1.165) is 57.8 Å². The minimum Gasteiger partial charge on any atom is -0.466 e. The Kier molecular flexibility index (Phi) is 59.0. The Labute approximate surface area is 438 Å². The van der Waals surface area contributed by atoms with Crippen LogP contribution < -0.4 is 5.32 Å². The SMILES string of the molecule is CCCCCCCCCCCCCCCCCCCCC/C=C/C(O)C(CO)NC(=O)CCCCCCCCCCCCCCCCOC(=O)CCCCCCCCCCCCCCCCCCCC. The average molecular weight is 989 g/mol. The van der Waals surface area contributed by atoms with E-state index in [-0.39, 0.29) is 18.5 Å². The number of hydrogen-bond donors (Lipinski definition) is 3. The van der Waals surface area contributed by atoms with Crippen LogP contribution in [0.4, 0.5) is 0 Å². The number of esters is 1. The molecule has 0 saturated carbocycles. The minimum atomic E-state index is -0.852. The van der Waals surface area contributed by atoms with Gasteiger partial charge in [0.25, 0.3) is 0 Å². The van der Waals surface area contributed by atoms with E-state index in [1.807, 2.05) is 6.08 Å². The summed E-state index contributed by atoms with van der Waals surface area (Å²) in [5.41, 5.74) is 0. The molecule has 2 atom stereocenters. The summed E-state index contributed by atoms with van der Waals surface area (Å²) >= 11 is 0. The molecule has 0 bridgehead atoms. The van der Waals surface area contributed by atoms with Gasteiger partial charge in [0, 0.05) is 12.8 Å². The van der Waals surface area contributed by atoms with Gasteiger partial charge in [-0.3, -0.25) is 9.59 Å². The maximum absolute atomic E-state index is 12.5. The summed E-state index contributed by atoms with van der Waals surface area (Å²) in [5.74, 6) is -0.0721. The highest BCUT2D eigenvalue weighted by atomic mass is 16.5. The van der Waals surface area contributed by atoms with Gasteiger partial charge in [-0.05, 0) is 32.1 Å². The molecule has 0 rings (SSSR count). The molecule has 0 aliphatic heterocycles. The van der Waals surface area contributed by atoms with Crippen molar-refractivity contribution in [2.75, 3.05) is 13.2 Å². The van der Waals surface area contributed by atoms with Crippen LogP contribution in [0.15, 0.2) is 12.2 Å². The quantitative estimate of drug-likeness (QED) is 0.0321. The molecule has 416 valence electrons. The summed E-state index contributed by atoms with van der Waals surface area (Å²) in [4.78, 5) is 24.6. The fourth-order valence-corrected chi connectivity index (χ4v) is 10.2. The van der Waals surface area contributed by atoms with E-state index < -0.39 is 12.1 Å². The lowest BCUT2D eigenvalue weighted by atomic mass is 10.0. The summed E-state index contributed by atoms with van der Waals surface area (Å²) in [7, 11) is 0. The van der Waals surface area contributed by atoms with Gasteiger partial charge in [0.15, 0.2) is 0 Å². The molecule has 2 unspecified atom stereocenters. The number of nitrogens with one attached hydrogen (secondary N) is 1. The van der Waals surface area contributed by atoms with E-state index in [9.17, 15) is 19.8 Å². The fourth-order valence-electron chi connectivity index (χ4n) is 10.2. The van der Waals surface area contributed by atoms with E-state index in [1.54, 1.807) is 6.08 Å². The average Bonchev–Trinajstić information content (AvgIpc) is 3.36. The number of amides is 1. The molecule has 70 heavy (non-hydrogen) atoms. The van der Waals surface area contributed by atoms with Gasteiger partial charge in [-0.25, -0.2) is 0 Å². The lowest BCUT2D eigenvalue weighted by molar-refractivity contribution is -0.143. The van der Waals surface area contributed by atoms with Gasteiger partial charge in [0.1, 0.15) is 0 Å². The molecule has 6 heteroatoms. The van der Waals surface area contributed by atoms with Crippen LogP contribution in [0.25, 0.3) is 0 Å². The molecule has 0 aliphatic rings. The van der Waals surface area contributed by atoms with Crippen molar-refractivity contribution in [3.8, 4) is 0 Å². The molecule has 0 fully saturated rings. The number of allylic oxidation sites excluding steroid dienone is 1. The number of ether oxygens (including phenoxy) is 1. The monoisotopic (exact) mass is 988 g/mol. The summed E-state index contributed by atoms with van der Waals surface area (Å²) < 4.78 is 5.49. The lowest BCUT2D eigenvalue weighted by Gasteiger charge is -2.20. The molecule has 1 amide bonds. The molecule has 0 aromatic carbocycles. The predicted octanol–water partition coefficient (Wildman–Crippen LogP) is 20.0. The second-order valence-corrected chi connectivity index (χ2v) is 22.1. The van der Waals surface area contributed by atoms with Crippen molar-refractivity contribution in [1.29, 1.82) is 0 Å². The Hall–Kier alpha value is -1.40. The topological polar surface area (TPSA) is 95.9 Å². The molecule has 0 radical (unpaired) electrons. The van der Waals surface area contributed by atoms with Gasteiger partial charge in [0.2, 0.25) is 5.91 Å². The highest BCUT2D eigenvalue weighted by molar-refractivity contribution is 5.76. The molecular formula is C64H125NO5. The van der Waals surface area contributed by atoms with Gasteiger partial charge in [0.05, 0.1) is 25.4 Å². The Morgan fingerprint density at radius 3 is 0.971 bits per heavy atom. The van der Waals surface area contributed by atoms with Crippen molar-refractivity contribution < 1.29 is 24.5 Å². The highest BCUT2D eigenvalue weighted by Crippen LogP contribution is 2.18. The van der Waals surface area contributed by atoms with Crippen LogP contribution in [0.2, 0.25) is 0 Å². The summed E-state index contributed by atoms with van der Waals surface area (Å²) in [6, 6.07) is -0.636. The van der Waals surface area contributed by atoms with Gasteiger partial charge in [-0.15, -0.1) is 0 Å². The summed E-state index contributed by atoms with van der Waals surface area (Å²) in [5, 5.41) is 23.2. The molecule has 6 nitrogen and oxygen atoms in total. The van der Waals surface area contributed by atoms with Crippen LogP contribution in [0, 0.1) is 0 Å². The van der Waals surface area contributed by atoms with Gasteiger partial charge in [-0.1, -0.05) is 328 Å². The molecule has 0 aromatic heterocycles. The van der Waals surface area contributed by atoms with E-state index in [0.29, 0.717) is 19.4 Å². The van der Waals surface area contributed by atoms with Gasteiger partial charge >= 0.3 is 5.97 Å². The predicted molar refractivity (Wildman–Crippen MR) is 306 cm³/mol. The van der Waals surface area contributed by atoms with Crippen molar-refractivity contribution in [2.45, 2.75) is 373 Å². The standard InChI is InChI=1S/C64H125NO5/c1-3-5-7-9-11-13-15-17-19-21-23-24-25-26-28-32-36-40-44-48-52-56-62(67)61(60-66)65-63(68)57-53-49-45-41-37-33-30-31-35-39-43-47-51-55-59-70-64(69)58-54-50-46-42-38-34-29-27-22-20-18-16-14-12-10-8-6-4-2/h52,56,61-62,66-67H,3-51,53-55,57-60H2,1-2H3,(H,65,68)/b56-52+. The summed E-state index contributed by atoms with van der Waals surface area (Å²) in [6.07, 6.45) is 72.5. The van der Waals surface area contributed by atoms with E-state index in [2.05, 4.69) is 19.2 Å². The number of unbranched alkanes of at least 4 members (excludes halogenated alkanes) is 49. The highest BCUT2D eigenvalue weighted by Gasteiger charge is 2.18. The van der Waals surface area contributed by atoms with E-state index >= 15 is 0 Å². The first-order valence-corrected chi connectivity index (χ1v) is 32.0. The molecule has 0 aliphatic carbocycles. The number of carbonyl (C=O) groups is 2. The Bertz CT molecular complexity index is 1050. The zero-order valence-corrected chi connectivity index (χ0v) is 47.5. The normalized spacial score (nSPS) is 12.6. The second kappa shape index (κ2) is 60.2. The molecule has 0 heterocycles. The fraction of sp³-hybridized carbons (Fsp3) is 0.938. The van der Waals surface area contributed by atoms with Crippen molar-refractivity contribution >= 4 is 11.9 Å². The van der Waals surface area contributed by atoms with Crippen LogP contribution >= 0.6 is 0 Å². The molecule has 3 N–H and O–H groups in total. The zero-order valence-electron chi connectivity index (χ0n) is 47.5. The van der Waals surface area contributed by atoms with Crippen LogP contribution in [0.5, 0.6) is 0 Å². The number of carbonyl (C=O) groups excluding carboxylic acids is 2. The number of aliphatic hydroxyl groups excluding tert-OH is 2. The Balaban J connectivity index is 3.44. The molecule has 0 saturated heterocycles. The van der Waals surface area contributed by atoms with Crippen molar-refractivity contribution in [2.24, 2.45) is 0 Å². The third-order valence-electron chi connectivity index (χ3n) is 15.1. The first kappa shape index (κ1) is 68.6. The Morgan fingerprint density at radius 1 is 0.386 bits per heavy atom. The van der Waals surface area contributed by atoms with Crippen molar-refractivity contribution in [1.82, 2.24) is 5.32 Å².